The molecule has 0 spiro atoms. The van der Waals surface area contributed by atoms with Gasteiger partial charge in [-0.25, -0.2) is 16.8 Å². The van der Waals surface area contributed by atoms with Crippen LogP contribution in [0.25, 0.3) is 0 Å². The molecule has 0 saturated carbocycles. The summed E-state index contributed by atoms with van der Waals surface area (Å²) in [7, 11) is -13.5. The summed E-state index contributed by atoms with van der Waals surface area (Å²) in [5.41, 5.74) is -12.5. The lowest BCUT2D eigenvalue weighted by molar-refractivity contribution is -0.0481. The molecule has 0 radical (unpaired) electrons. The summed E-state index contributed by atoms with van der Waals surface area (Å²) in [5, 5.41) is 9.32. The Morgan fingerprint density at radius 3 is 1.65 bits per heavy atom. The van der Waals surface area contributed by atoms with Gasteiger partial charge < -0.3 is 9.84 Å². The van der Waals surface area contributed by atoms with Crippen molar-refractivity contribution in [1.82, 2.24) is 0 Å². The van der Waals surface area contributed by atoms with E-state index < -0.39 is 54.4 Å². The molecule has 0 bridgehead atoms. The van der Waals surface area contributed by atoms with Crippen molar-refractivity contribution in [1.29, 1.82) is 0 Å². The highest BCUT2D eigenvalue weighted by molar-refractivity contribution is 8.09. The second-order valence-electron chi connectivity index (χ2n) is 4.38. The second-order valence-corrected chi connectivity index (χ2v) is 8.92. The van der Waals surface area contributed by atoms with Crippen LogP contribution in [0, 0.1) is 0 Å². The Kier molecular flexibility index (Phi) is 7.33. The van der Waals surface area contributed by atoms with E-state index in [1.165, 1.54) is 0 Å². The number of alkyl halides is 6. The zero-order chi connectivity index (χ0) is 18.7. The molecule has 0 saturated heterocycles. The molecular weight excluding hydrogens is 382 g/mol. The van der Waals surface area contributed by atoms with E-state index in [1.54, 1.807) is 6.92 Å². The van der Waals surface area contributed by atoms with E-state index >= 15 is 0 Å². The number of aliphatic hydroxyl groups excluding tert-OH is 1. The minimum atomic E-state index is -6.73. The summed E-state index contributed by atoms with van der Waals surface area (Å²) in [4.78, 5) is 0. The zero-order valence-electron chi connectivity index (χ0n) is 11.6. The number of hydrogen-bond acceptors (Lipinski definition) is 6. The standard InChI is InChI=1S/C9H14F6O6S2/c1-2-3-21-5-6(16)4-7(22(17,18)8(10,11)12)23(19,20)9(13,14)15/h6-7,16H,2-5H2,1H3. The largest absolute Gasteiger partial charge is 0.498 e. The number of hydrogen-bond donors (Lipinski definition) is 1. The van der Waals surface area contributed by atoms with E-state index in [1.807, 2.05) is 0 Å². The first-order valence-corrected chi connectivity index (χ1v) is 9.04. The summed E-state index contributed by atoms with van der Waals surface area (Å²) in [5.74, 6) is 0. The molecule has 1 N–H and O–H groups in total. The molecule has 0 aromatic heterocycles. The predicted octanol–water partition coefficient (Wildman–Crippen LogP) is 1.36. The summed E-state index contributed by atoms with van der Waals surface area (Å²) in [6.07, 6.45) is -3.58. The van der Waals surface area contributed by atoms with Gasteiger partial charge in [0.25, 0.3) is 19.7 Å². The molecule has 0 rings (SSSR count). The van der Waals surface area contributed by atoms with E-state index in [2.05, 4.69) is 4.74 Å². The summed E-state index contributed by atoms with van der Waals surface area (Å²) in [6, 6.07) is 0. The van der Waals surface area contributed by atoms with Gasteiger partial charge in [-0.1, -0.05) is 6.92 Å². The van der Waals surface area contributed by atoms with E-state index in [0.29, 0.717) is 6.42 Å². The molecule has 0 aliphatic heterocycles. The van der Waals surface area contributed by atoms with E-state index in [-0.39, 0.29) is 6.61 Å². The molecular formula is C9H14F6O6S2. The zero-order valence-corrected chi connectivity index (χ0v) is 13.2. The fraction of sp³-hybridized carbons (Fsp3) is 1.00. The van der Waals surface area contributed by atoms with Crippen molar-refractivity contribution < 1.29 is 53.0 Å². The minimum Gasteiger partial charge on any atom is -0.391 e. The quantitative estimate of drug-likeness (QED) is 0.492. The topological polar surface area (TPSA) is 97.7 Å². The monoisotopic (exact) mass is 396 g/mol. The molecule has 1 unspecified atom stereocenters. The van der Waals surface area contributed by atoms with Gasteiger partial charge in [-0.15, -0.1) is 0 Å². The Morgan fingerprint density at radius 2 is 1.35 bits per heavy atom. The summed E-state index contributed by atoms with van der Waals surface area (Å²) < 4.78 is 120. The van der Waals surface area contributed by atoms with Gasteiger partial charge >= 0.3 is 11.0 Å². The van der Waals surface area contributed by atoms with Crippen molar-refractivity contribution >= 4 is 19.7 Å². The predicted molar refractivity (Wildman–Crippen MR) is 65.5 cm³/mol. The van der Waals surface area contributed by atoms with Gasteiger partial charge in [0.2, 0.25) is 0 Å². The van der Waals surface area contributed by atoms with E-state index in [4.69, 9.17) is 0 Å². The second kappa shape index (κ2) is 7.53. The molecule has 1 atom stereocenters. The van der Waals surface area contributed by atoms with Crippen LogP contribution in [0.5, 0.6) is 0 Å². The Hall–Kier alpha value is -0.600. The van der Waals surface area contributed by atoms with Gasteiger partial charge in [-0.05, 0) is 6.42 Å². The molecule has 0 aliphatic carbocycles. The highest BCUT2D eigenvalue weighted by Gasteiger charge is 2.63. The Labute approximate surface area is 128 Å². The Bertz CT molecular complexity index is 535. The number of ether oxygens (including phenoxy) is 1. The van der Waals surface area contributed by atoms with E-state index in [9.17, 15) is 48.3 Å². The maximum atomic E-state index is 12.4. The third-order valence-electron chi connectivity index (χ3n) is 2.46. The van der Waals surface area contributed by atoms with Crippen molar-refractivity contribution in [2.45, 2.75) is 41.5 Å². The van der Waals surface area contributed by atoms with Crippen molar-refractivity contribution in [2.75, 3.05) is 13.2 Å². The first kappa shape index (κ1) is 22.4. The molecule has 0 amide bonds. The average molecular weight is 396 g/mol. The number of rotatable bonds is 8. The van der Waals surface area contributed by atoms with E-state index in [0.717, 1.165) is 0 Å². The number of sulfone groups is 2. The maximum Gasteiger partial charge on any atom is 0.498 e. The summed E-state index contributed by atoms with van der Waals surface area (Å²) in [6.45, 7) is 0.780. The van der Waals surface area contributed by atoms with Crippen LogP contribution < -0.4 is 0 Å². The Balaban J connectivity index is 5.70. The van der Waals surface area contributed by atoms with Gasteiger partial charge in [0.05, 0.1) is 12.7 Å². The van der Waals surface area contributed by atoms with Crippen LogP contribution in [0.3, 0.4) is 0 Å². The van der Waals surface area contributed by atoms with Crippen molar-refractivity contribution in [3.63, 3.8) is 0 Å². The minimum absolute atomic E-state index is 0.0141. The first-order chi connectivity index (χ1) is 10.1. The highest BCUT2D eigenvalue weighted by atomic mass is 32.3. The van der Waals surface area contributed by atoms with Gasteiger partial charge in [0, 0.05) is 13.0 Å². The normalized spacial score (nSPS) is 15.9. The molecule has 0 fully saturated rings. The lowest BCUT2D eigenvalue weighted by atomic mass is 10.3. The molecule has 6 nitrogen and oxygen atoms in total. The smallest absolute Gasteiger partial charge is 0.391 e. The number of halogens is 6. The Morgan fingerprint density at radius 1 is 0.957 bits per heavy atom. The fourth-order valence-corrected chi connectivity index (χ4v) is 4.91. The van der Waals surface area contributed by atoms with Crippen LogP contribution in [0.4, 0.5) is 26.3 Å². The SMILES string of the molecule is CCCOCC(O)CC(S(=O)(=O)C(F)(F)F)S(=O)(=O)C(F)(F)F. The molecule has 0 aromatic carbocycles. The third kappa shape index (κ3) is 5.46. The van der Waals surface area contributed by atoms with Crippen molar-refractivity contribution in [3.8, 4) is 0 Å². The van der Waals surface area contributed by atoms with Gasteiger partial charge in [0.1, 0.15) is 0 Å². The van der Waals surface area contributed by atoms with Gasteiger partial charge in [-0.2, -0.15) is 26.3 Å². The van der Waals surface area contributed by atoms with Crippen molar-refractivity contribution in [3.05, 3.63) is 0 Å². The first-order valence-electron chi connectivity index (χ1n) is 5.95. The van der Waals surface area contributed by atoms with Gasteiger partial charge in [0.15, 0.2) is 4.58 Å². The molecule has 140 valence electrons. The molecule has 14 heteroatoms. The summed E-state index contributed by atoms with van der Waals surface area (Å²) >= 11 is 0. The lowest BCUT2D eigenvalue weighted by Crippen LogP contribution is -2.46. The maximum absolute atomic E-state index is 12.4. The van der Waals surface area contributed by atoms with Crippen LogP contribution in [0.15, 0.2) is 0 Å². The molecule has 23 heavy (non-hydrogen) atoms. The highest BCUT2D eigenvalue weighted by Crippen LogP contribution is 2.38. The van der Waals surface area contributed by atoms with Gasteiger partial charge in [-0.3, -0.25) is 0 Å². The molecule has 0 aromatic rings. The van der Waals surface area contributed by atoms with Crippen LogP contribution in [-0.2, 0) is 24.4 Å². The van der Waals surface area contributed by atoms with Crippen LogP contribution >= 0.6 is 0 Å². The van der Waals surface area contributed by atoms with Crippen LogP contribution in [-0.4, -0.2) is 56.9 Å². The fourth-order valence-electron chi connectivity index (χ4n) is 1.37. The third-order valence-corrected chi connectivity index (χ3v) is 7.04. The molecule has 0 heterocycles. The van der Waals surface area contributed by atoms with Crippen LogP contribution in [0.2, 0.25) is 0 Å². The van der Waals surface area contributed by atoms with Crippen LogP contribution in [0.1, 0.15) is 19.8 Å². The molecule has 0 aliphatic rings. The number of aliphatic hydroxyl groups is 1. The van der Waals surface area contributed by atoms with Crippen molar-refractivity contribution in [2.24, 2.45) is 0 Å². The average Bonchev–Trinajstić information content (AvgIpc) is 2.33. The lowest BCUT2D eigenvalue weighted by Gasteiger charge is -2.23.